The topological polar surface area (TPSA) is 0 Å². The van der Waals surface area contributed by atoms with Crippen molar-refractivity contribution in [2.45, 2.75) is 19.6 Å². The van der Waals surface area contributed by atoms with Crippen molar-refractivity contribution in [1.29, 1.82) is 0 Å². The largest absolute Gasteiger partial charge is 0.135 e. The molecule has 0 saturated carbocycles. The lowest BCUT2D eigenvalue weighted by Crippen LogP contribution is -2.16. The zero-order chi connectivity index (χ0) is 18.3. The first kappa shape index (κ1) is 17.4. The van der Waals surface area contributed by atoms with Gasteiger partial charge in [0.15, 0.2) is 0 Å². The van der Waals surface area contributed by atoms with Gasteiger partial charge in [0.05, 0.1) is 0 Å². The number of hydrogen-bond donors (Lipinski definition) is 0. The Morgan fingerprint density at radius 1 is 0.846 bits per heavy atom. The second-order valence-corrected chi connectivity index (χ2v) is 13.8. The molecule has 0 nitrogen and oxygen atoms in total. The van der Waals surface area contributed by atoms with E-state index in [0.29, 0.717) is 0 Å². The summed E-state index contributed by atoms with van der Waals surface area (Å²) in [5.74, 6) is 3.41. The van der Waals surface area contributed by atoms with E-state index < -0.39 is 8.07 Å². The summed E-state index contributed by atoms with van der Waals surface area (Å²) in [4.78, 5) is 0. The molecule has 0 bridgehead atoms. The molecular formula is C23H19ClSSi. The number of rotatable bonds is 1. The monoisotopic (exact) mass is 390 g/mol. The lowest BCUT2D eigenvalue weighted by atomic mass is 9.98. The highest BCUT2D eigenvalue weighted by atomic mass is 35.5. The summed E-state index contributed by atoms with van der Waals surface area (Å²) < 4.78 is 2.64. The van der Waals surface area contributed by atoms with Crippen molar-refractivity contribution in [2.75, 3.05) is 0 Å². The highest BCUT2D eigenvalue weighted by molar-refractivity contribution is 7.25. The SMILES string of the molecule is C[Si](C)(C)C#Cc1ccc(Cl)cc1-c1ccc2sc3ccccc3c2c1. The van der Waals surface area contributed by atoms with Gasteiger partial charge in [-0.2, -0.15) is 0 Å². The van der Waals surface area contributed by atoms with E-state index in [1.54, 1.807) is 0 Å². The molecule has 0 N–H and O–H groups in total. The van der Waals surface area contributed by atoms with E-state index in [4.69, 9.17) is 11.6 Å². The van der Waals surface area contributed by atoms with Crippen LogP contribution in [0.5, 0.6) is 0 Å². The average Bonchev–Trinajstić information content (AvgIpc) is 2.97. The van der Waals surface area contributed by atoms with Gasteiger partial charge in [-0.1, -0.05) is 61.4 Å². The molecule has 1 aromatic heterocycles. The van der Waals surface area contributed by atoms with Crippen LogP contribution in [0.4, 0.5) is 0 Å². The summed E-state index contributed by atoms with van der Waals surface area (Å²) in [5.41, 5.74) is 6.81. The van der Waals surface area contributed by atoms with E-state index in [1.165, 1.54) is 25.7 Å². The second kappa shape index (κ2) is 6.59. The van der Waals surface area contributed by atoms with Crippen LogP contribution in [0.15, 0.2) is 60.7 Å². The maximum atomic E-state index is 6.31. The van der Waals surface area contributed by atoms with Gasteiger partial charge in [-0.25, -0.2) is 0 Å². The third-order valence-corrected chi connectivity index (χ3v) is 6.50. The number of benzene rings is 3. The Morgan fingerprint density at radius 2 is 1.62 bits per heavy atom. The standard InChI is InChI=1S/C23H19ClSSi/c1-26(2,3)13-12-16-8-10-18(24)15-20(16)17-9-11-23-21(14-17)19-6-4-5-7-22(19)25-23/h4-11,14-15H,1-3H3. The normalized spacial score (nSPS) is 11.5. The predicted octanol–water partition coefficient (Wildman–Crippen LogP) is 7.60. The molecule has 128 valence electrons. The summed E-state index contributed by atoms with van der Waals surface area (Å²) in [6, 6.07) is 21.3. The molecule has 0 saturated heterocycles. The number of hydrogen-bond acceptors (Lipinski definition) is 1. The molecule has 0 radical (unpaired) electrons. The maximum absolute atomic E-state index is 6.31. The minimum atomic E-state index is -1.44. The molecule has 0 spiro atoms. The third-order valence-electron chi connectivity index (χ3n) is 4.24. The number of halogens is 1. The molecule has 3 aromatic carbocycles. The predicted molar refractivity (Wildman–Crippen MR) is 120 cm³/mol. The van der Waals surface area contributed by atoms with Crippen molar-refractivity contribution < 1.29 is 0 Å². The Bertz CT molecular complexity index is 1190. The summed E-state index contributed by atoms with van der Waals surface area (Å²) in [5, 5.41) is 3.35. The zero-order valence-corrected chi connectivity index (χ0v) is 17.6. The van der Waals surface area contributed by atoms with Crippen LogP contribution in [0.3, 0.4) is 0 Å². The lowest BCUT2D eigenvalue weighted by molar-refractivity contribution is 1.60. The molecule has 0 amide bonds. The van der Waals surface area contributed by atoms with Gasteiger partial charge in [0.2, 0.25) is 0 Å². The Labute approximate surface area is 164 Å². The fourth-order valence-corrected chi connectivity index (χ4v) is 4.78. The quantitative estimate of drug-likeness (QED) is 0.232. The van der Waals surface area contributed by atoms with E-state index in [-0.39, 0.29) is 0 Å². The lowest BCUT2D eigenvalue weighted by Gasteiger charge is -2.08. The van der Waals surface area contributed by atoms with Crippen molar-refractivity contribution >= 4 is 51.2 Å². The molecule has 0 aliphatic heterocycles. The number of thiophene rings is 1. The fourth-order valence-electron chi connectivity index (χ4n) is 3.01. The average molecular weight is 391 g/mol. The van der Waals surface area contributed by atoms with Gasteiger partial charge >= 0.3 is 0 Å². The third kappa shape index (κ3) is 3.44. The van der Waals surface area contributed by atoms with Crippen molar-refractivity contribution in [3.8, 4) is 22.6 Å². The molecule has 0 aliphatic rings. The second-order valence-electron chi connectivity index (χ2n) is 7.50. The minimum absolute atomic E-state index is 0.744. The van der Waals surface area contributed by atoms with Crippen LogP contribution in [0, 0.1) is 11.5 Å². The van der Waals surface area contributed by atoms with Crippen molar-refractivity contribution in [1.82, 2.24) is 0 Å². The molecule has 4 aromatic rings. The number of fused-ring (bicyclic) bond motifs is 3. The van der Waals surface area contributed by atoms with Crippen LogP contribution in [0.25, 0.3) is 31.3 Å². The van der Waals surface area contributed by atoms with Gasteiger partial charge in [-0.05, 0) is 47.5 Å². The Morgan fingerprint density at radius 3 is 2.42 bits per heavy atom. The molecule has 0 fully saturated rings. The van der Waals surface area contributed by atoms with Gasteiger partial charge in [0, 0.05) is 30.8 Å². The first-order valence-electron chi connectivity index (χ1n) is 8.65. The summed E-state index contributed by atoms with van der Waals surface area (Å²) in [7, 11) is -1.44. The smallest absolute Gasteiger partial charge is 0.129 e. The maximum Gasteiger partial charge on any atom is 0.129 e. The highest BCUT2D eigenvalue weighted by Crippen LogP contribution is 2.37. The van der Waals surface area contributed by atoms with E-state index in [2.05, 4.69) is 73.6 Å². The first-order valence-corrected chi connectivity index (χ1v) is 13.3. The van der Waals surface area contributed by atoms with Gasteiger partial charge in [0.1, 0.15) is 8.07 Å². The molecule has 1 heterocycles. The zero-order valence-electron chi connectivity index (χ0n) is 15.1. The van der Waals surface area contributed by atoms with Crippen molar-refractivity contribution in [2.24, 2.45) is 0 Å². The van der Waals surface area contributed by atoms with Crippen LogP contribution in [0.2, 0.25) is 24.7 Å². The minimum Gasteiger partial charge on any atom is -0.135 e. The van der Waals surface area contributed by atoms with Crippen LogP contribution >= 0.6 is 22.9 Å². The summed E-state index contributed by atoms with van der Waals surface area (Å²) in [6.07, 6.45) is 0. The van der Waals surface area contributed by atoms with E-state index in [9.17, 15) is 0 Å². The summed E-state index contributed by atoms with van der Waals surface area (Å²) >= 11 is 8.15. The molecule has 3 heteroatoms. The van der Waals surface area contributed by atoms with E-state index >= 15 is 0 Å². The van der Waals surface area contributed by atoms with Crippen LogP contribution < -0.4 is 0 Å². The van der Waals surface area contributed by atoms with E-state index in [1.807, 2.05) is 29.5 Å². The fraction of sp³-hybridized carbons (Fsp3) is 0.130. The van der Waals surface area contributed by atoms with Crippen LogP contribution in [-0.4, -0.2) is 8.07 Å². The first-order chi connectivity index (χ1) is 12.4. The molecule has 0 aliphatic carbocycles. The van der Waals surface area contributed by atoms with Gasteiger partial charge in [0.25, 0.3) is 0 Å². The summed E-state index contributed by atoms with van der Waals surface area (Å²) in [6.45, 7) is 6.79. The molecule has 0 unspecified atom stereocenters. The van der Waals surface area contributed by atoms with Gasteiger partial charge in [-0.15, -0.1) is 16.9 Å². The van der Waals surface area contributed by atoms with E-state index in [0.717, 1.165) is 16.1 Å². The molecule has 4 rings (SSSR count). The Kier molecular flexibility index (Phi) is 4.40. The molecule has 0 atom stereocenters. The van der Waals surface area contributed by atoms with Crippen LogP contribution in [0.1, 0.15) is 5.56 Å². The highest BCUT2D eigenvalue weighted by Gasteiger charge is 2.11. The molecular weight excluding hydrogens is 372 g/mol. The van der Waals surface area contributed by atoms with Gasteiger partial charge in [-0.3, -0.25) is 0 Å². The Hall–Kier alpha value is -2.05. The van der Waals surface area contributed by atoms with Crippen molar-refractivity contribution in [3.63, 3.8) is 0 Å². The Balaban J connectivity index is 1.93. The molecule has 26 heavy (non-hydrogen) atoms. The van der Waals surface area contributed by atoms with Crippen molar-refractivity contribution in [3.05, 3.63) is 71.2 Å². The van der Waals surface area contributed by atoms with Gasteiger partial charge < -0.3 is 0 Å². The van der Waals surface area contributed by atoms with Crippen LogP contribution in [-0.2, 0) is 0 Å².